The Morgan fingerprint density at radius 1 is 1.05 bits per heavy atom. The SMILES string of the molecule is O=C(c1ccc2c(c1)CCC2)c1cc(I)ccc1Br. The lowest BCUT2D eigenvalue weighted by atomic mass is 9.99. The lowest BCUT2D eigenvalue weighted by Crippen LogP contribution is -2.03. The third kappa shape index (κ3) is 2.63. The molecule has 3 heteroatoms. The zero-order chi connectivity index (χ0) is 13.4. The van der Waals surface area contributed by atoms with Gasteiger partial charge in [0, 0.05) is 19.2 Å². The number of rotatable bonds is 2. The van der Waals surface area contributed by atoms with Gasteiger partial charge in [-0.25, -0.2) is 0 Å². The first-order chi connectivity index (χ1) is 9.15. The number of aryl methyl sites for hydroxylation is 2. The van der Waals surface area contributed by atoms with Gasteiger partial charge in [-0.15, -0.1) is 0 Å². The molecule has 0 aliphatic heterocycles. The van der Waals surface area contributed by atoms with Crippen molar-refractivity contribution in [2.24, 2.45) is 0 Å². The molecule has 0 saturated carbocycles. The number of benzene rings is 2. The van der Waals surface area contributed by atoms with Gasteiger partial charge in [0.25, 0.3) is 0 Å². The Bertz CT molecular complexity index is 664. The molecule has 0 N–H and O–H groups in total. The van der Waals surface area contributed by atoms with E-state index < -0.39 is 0 Å². The largest absolute Gasteiger partial charge is 0.289 e. The standard InChI is InChI=1S/C16H12BrIO/c17-15-7-6-13(18)9-14(15)16(19)12-5-4-10-2-1-3-11(10)8-12/h4-9H,1-3H2. The Labute approximate surface area is 134 Å². The maximum Gasteiger partial charge on any atom is 0.194 e. The van der Waals surface area contributed by atoms with Gasteiger partial charge in [-0.1, -0.05) is 28.1 Å². The predicted octanol–water partition coefficient (Wildman–Crippen LogP) is 4.77. The molecule has 0 radical (unpaired) electrons. The third-order valence-corrected chi connectivity index (χ3v) is 4.90. The lowest BCUT2D eigenvalue weighted by molar-refractivity contribution is 0.103. The first kappa shape index (κ1) is 13.3. The van der Waals surface area contributed by atoms with Crippen LogP contribution >= 0.6 is 38.5 Å². The van der Waals surface area contributed by atoms with Crippen LogP contribution in [0.25, 0.3) is 0 Å². The first-order valence-electron chi connectivity index (χ1n) is 6.27. The van der Waals surface area contributed by atoms with Crippen LogP contribution in [0.1, 0.15) is 33.5 Å². The average Bonchev–Trinajstić information content (AvgIpc) is 2.88. The van der Waals surface area contributed by atoms with Crippen molar-refractivity contribution in [1.29, 1.82) is 0 Å². The molecule has 96 valence electrons. The second-order valence-electron chi connectivity index (χ2n) is 4.79. The fourth-order valence-corrected chi connectivity index (χ4v) is 3.46. The molecule has 0 heterocycles. The Balaban J connectivity index is 2.02. The van der Waals surface area contributed by atoms with Gasteiger partial charge in [0.15, 0.2) is 5.78 Å². The molecule has 2 aromatic rings. The summed E-state index contributed by atoms with van der Waals surface area (Å²) in [5.74, 6) is 0.0973. The number of ketones is 1. The molecule has 1 nitrogen and oxygen atoms in total. The van der Waals surface area contributed by atoms with Crippen LogP contribution < -0.4 is 0 Å². The van der Waals surface area contributed by atoms with Crippen LogP contribution in [-0.4, -0.2) is 5.78 Å². The predicted molar refractivity (Wildman–Crippen MR) is 88.8 cm³/mol. The maximum atomic E-state index is 12.6. The number of fused-ring (bicyclic) bond motifs is 1. The molecule has 0 bridgehead atoms. The molecule has 19 heavy (non-hydrogen) atoms. The molecule has 3 rings (SSSR count). The van der Waals surface area contributed by atoms with Crippen LogP contribution in [0.3, 0.4) is 0 Å². The van der Waals surface area contributed by atoms with Gasteiger partial charge >= 0.3 is 0 Å². The summed E-state index contributed by atoms with van der Waals surface area (Å²) in [6.45, 7) is 0. The molecule has 0 unspecified atom stereocenters. The first-order valence-corrected chi connectivity index (χ1v) is 8.14. The van der Waals surface area contributed by atoms with Gasteiger partial charge in [0.2, 0.25) is 0 Å². The Morgan fingerprint density at radius 3 is 2.68 bits per heavy atom. The van der Waals surface area contributed by atoms with E-state index in [2.05, 4.69) is 50.7 Å². The van der Waals surface area contributed by atoms with Crippen LogP contribution in [-0.2, 0) is 12.8 Å². The van der Waals surface area contributed by atoms with E-state index in [0.29, 0.717) is 0 Å². The van der Waals surface area contributed by atoms with Crippen molar-refractivity contribution in [3.05, 3.63) is 66.7 Å². The van der Waals surface area contributed by atoms with Crippen molar-refractivity contribution >= 4 is 44.3 Å². The lowest BCUT2D eigenvalue weighted by Gasteiger charge is -2.07. The average molecular weight is 427 g/mol. The summed E-state index contributed by atoms with van der Waals surface area (Å²) in [5, 5.41) is 0. The monoisotopic (exact) mass is 426 g/mol. The van der Waals surface area contributed by atoms with E-state index in [4.69, 9.17) is 0 Å². The minimum atomic E-state index is 0.0973. The van der Waals surface area contributed by atoms with Gasteiger partial charge in [0.1, 0.15) is 0 Å². The van der Waals surface area contributed by atoms with E-state index in [0.717, 1.165) is 32.0 Å². The summed E-state index contributed by atoms with van der Waals surface area (Å²) in [7, 11) is 0. The smallest absolute Gasteiger partial charge is 0.194 e. The van der Waals surface area contributed by atoms with Crippen molar-refractivity contribution in [2.75, 3.05) is 0 Å². The minimum Gasteiger partial charge on any atom is -0.289 e. The Hall–Kier alpha value is -0.680. The second-order valence-corrected chi connectivity index (χ2v) is 6.89. The fourth-order valence-electron chi connectivity index (χ4n) is 2.54. The maximum absolute atomic E-state index is 12.6. The molecule has 1 aliphatic carbocycles. The molecular weight excluding hydrogens is 415 g/mol. The molecule has 0 aromatic heterocycles. The summed E-state index contributed by atoms with van der Waals surface area (Å²) in [5.41, 5.74) is 4.28. The van der Waals surface area contributed by atoms with E-state index in [-0.39, 0.29) is 5.78 Å². The van der Waals surface area contributed by atoms with Crippen molar-refractivity contribution in [2.45, 2.75) is 19.3 Å². The number of hydrogen-bond donors (Lipinski definition) is 0. The summed E-state index contributed by atoms with van der Waals surface area (Å²) in [6.07, 6.45) is 3.46. The van der Waals surface area contributed by atoms with Crippen molar-refractivity contribution in [3.8, 4) is 0 Å². The van der Waals surface area contributed by atoms with Gasteiger partial charge in [-0.2, -0.15) is 0 Å². The number of carbonyl (C=O) groups is 1. The number of carbonyl (C=O) groups excluding carboxylic acids is 1. The quantitative estimate of drug-likeness (QED) is 0.499. The summed E-state index contributed by atoms with van der Waals surface area (Å²) >= 11 is 5.70. The summed E-state index contributed by atoms with van der Waals surface area (Å²) in [6, 6.07) is 12.0. The van der Waals surface area contributed by atoms with Gasteiger partial charge in [0.05, 0.1) is 0 Å². The fraction of sp³-hybridized carbons (Fsp3) is 0.188. The molecule has 0 saturated heterocycles. The summed E-state index contributed by atoms with van der Waals surface area (Å²) < 4.78 is 1.93. The number of hydrogen-bond acceptors (Lipinski definition) is 1. The van der Waals surface area contributed by atoms with E-state index in [9.17, 15) is 4.79 Å². The van der Waals surface area contributed by atoms with Crippen LogP contribution in [0.5, 0.6) is 0 Å². The highest BCUT2D eigenvalue weighted by Gasteiger charge is 2.17. The summed E-state index contributed by atoms with van der Waals surface area (Å²) in [4.78, 5) is 12.6. The zero-order valence-electron chi connectivity index (χ0n) is 10.2. The highest BCUT2D eigenvalue weighted by Crippen LogP contribution is 2.26. The molecule has 0 fully saturated rings. The van der Waals surface area contributed by atoms with Crippen molar-refractivity contribution in [3.63, 3.8) is 0 Å². The van der Waals surface area contributed by atoms with Crippen molar-refractivity contribution in [1.82, 2.24) is 0 Å². The van der Waals surface area contributed by atoms with E-state index in [1.807, 2.05) is 24.3 Å². The van der Waals surface area contributed by atoms with E-state index in [1.165, 1.54) is 17.5 Å². The Kier molecular flexibility index (Phi) is 3.76. The van der Waals surface area contributed by atoms with Crippen LogP contribution in [0.4, 0.5) is 0 Å². The Morgan fingerprint density at radius 2 is 1.84 bits per heavy atom. The van der Waals surface area contributed by atoms with E-state index >= 15 is 0 Å². The molecular formula is C16H12BrIO. The molecule has 0 atom stereocenters. The van der Waals surface area contributed by atoms with Crippen LogP contribution in [0, 0.1) is 3.57 Å². The minimum absolute atomic E-state index is 0.0973. The molecule has 0 spiro atoms. The van der Waals surface area contributed by atoms with Crippen LogP contribution in [0.2, 0.25) is 0 Å². The molecule has 1 aliphatic rings. The van der Waals surface area contributed by atoms with Gasteiger partial charge in [-0.05, 0) is 77.2 Å². The highest BCUT2D eigenvalue weighted by atomic mass is 127. The van der Waals surface area contributed by atoms with Gasteiger partial charge < -0.3 is 0 Å². The molecule has 0 amide bonds. The highest BCUT2D eigenvalue weighted by molar-refractivity contribution is 14.1. The molecule has 2 aromatic carbocycles. The van der Waals surface area contributed by atoms with Crippen LogP contribution in [0.15, 0.2) is 40.9 Å². The number of halogens is 2. The second kappa shape index (κ2) is 5.37. The zero-order valence-corrected chi connectivity index (χ0v) is 14.0. The van der Waals surface area contributed by atoms with Gasteiger partial charge in [-0.3, -0.25) is 4.79 Å². The van der Waals surface area contributed by atoms with E-state index in [1.54, 1.807) is 0 Å². The normalized spacial score (nSPS) is 13.4. The third-order valence-electron chi connectivity index (χ3n) is 3.53. The topological polar surface area (TPSA) is 17.1 Å². The van der Waals surface area contributed by atoms with Crippen molar-refractivity contribution < 1.29 is 4.79 Å².